The highest BCUT2D eigenvalue weighted by molar-refractivity contribution is 8.04. The SMILES string of the molecule is CO/N=C(\C(=O)N[C@@H]1C(=O)N2C(C(=O)O)=C(Sc3ncc(C(F)(F)F)s3)CC[C@H]12)c1csc(N)n1. The van der Waals surface area contributed by atoms with Gasteiger partial charge in [-0.1, -0.05) is 16.9 Å². The molecular weight excluding hydrogens is 533 g/mol. The lowest BCUT2D eigenvalue weighted by atomic mass is 9.86. The molecule has 2 aliphatic heterocycles. The smallest absolute Gasteiger partial charge is 0.427 e. The number of nitrogens with zero attached hydrogens (tertiary/aromatic N) is 4. The normalized spacial score (nSPS) is 20.4. The third kappa shape index (κ3) is 4.83. The standard InChI is InChI=1S/C18H15F3N6O5S3/c1-32-26-10(6-5-33-16(22)24-6)13(28)25-11-7-2-3-8(12(15(30)31)27(7)14(11)29)34-17-23-4-9(35-17)18(19,20)21/h4-5,7,11H,2-3H2,1H3,(H2,22,24)(H,25,28)(H,30,31)/b26-10-/t7-,11+/m1/s1. The fourth-order valence-electron chi connectivity index (χ4n) is 3.57. The first-order valence-corrected chi connectivity index (χ1v) is 12.2. The van der Waals surface area contributed by atoms with E-state index in [1.807, 2.05) is 0 Å². The fourth-order valence-corrected chi connectivity index (χ4v) is 6.19. The quantitative estimate of drug-likeness (QED) is 0.268. The van der Waals surface area contributed by atoms with Gasteiger partial charge in [-0.2, -0.15) is 13.2 Å². The van der Waals surface area contributed by atoms with E-state index < -0.39 is 40.9 Å². The van der Waals surface area contributed by atoms with E-state index in [2.05, 4.69) is 25.3 Å². The summed E-state index contributed by atoms with van der Waals surface area (Å²) in [6.07, 6.45) is -3.45. The molecule has 2 aromatic rings. The van der Waals surface area contributed by atoms with Gasteiger partial charge in [0, 0.05) is 10.3 Å². The minimum Gasteiger partial charge on any atom is -0.477 e. The Morgan fingerprint density at radius 1 is 1.43 bits per heavy atom. The van der Waals surface area contributed by atoms with Crippen molar-refractivity contribution in [3.8, 4) is 0 Å². The van der Waals surface area contributed by atoms with Gasteiger partial charge in [-0.05, 0) is 12.8 Å². The monoisotopic (exact) mass is 548 g/mol. The lowest BCUT2D eigenvalue weighted by molar-refractivity contribution is -0.155. The predicted octanol–water partition coefficient (Wildman–Crippen LogP) is 2.13. The van der Waals surface area contributed by atoms with E-state index in [4.69, 9.17) is 5.73 Å². The number of amides is 2. The number of carboxylic acid groups (broad SMARTS) is 1. The molecule has 17 heteroatoms. The second kappa shape index (κ2) is 9.46. The van der Waals surface area contributed by atoms with Gasteiger partial charge in [-0.15, -0.1) is 22.7 Å². The molecule has 2 atom stereocenters. The number of halogens is 3. The Morgan fingerprint density at radius 3 is 2.74 bits per heavy atom. The Bertz CT molecular complexity index is 1260. The number of carbonyl (C=O) groups is 3. The van der Waals surface area contributed by atoms with Crippen molar-refractivity contribution in [2.45, 2.75) is 35.4 Å². The summed E-state index contributed by atoms with van der Waals surface area (Å²) in [5, 5.41) is 17.6. The van der Waals surface area contributed by atoms with Crippen molar-refractivity contribution in [1.29, 1.82) is 0 Å². The first-order valence-electron chi connectivity index (χ1n) is 9.65. The summed E-state index contributed by atoms with van der Waals surface area (Å²) in [4.78, 5) is 50.3. The zero-order valence-corrected chi connectivity index (χ0v) is 20.0. The number of thiazole rings is 2. The van der Waals surface area contributed by atoms with Crippen molar-refractivity contribution in [2.75, 3.05) is 12.8 Å². The zero-order chi connectivity index (χ0) is 25.5. The topological polar surface area (TPSA) is 160 Å². The number of β-lactam (4-membered cyclic amide) rings is 1. The van der Waals surface area contributed by atoms with E-state index in [1.54, 1.807) is 0 Å². The molecule has 0 saturated carbocycles. The molecule has 4 N–H and O–H groups in total. The van der Waals surface area contributed by atoms with Crippen LogP contribution in [0.4, 0.5) is 18.3 Å². The van der Waals surface area contributed by atoms with E-state index in [0.717, 1.165) is 28.0 Å². The van der Waals surface area contributed by atoms with Crippen LogP contribution in [0.5, 0.6) is 0 Å². The number of aromatic nitrogens is 2. The highest BCUT2D eigenvalue weighted by Crippen LogP contribution is 2.45. The summed E-state index contributed by atoms with van der Waals surface area (Å²) in [6, 6.07) is -1.69. The number of hydrogen-bond acceptors (Lipinski definition) is 11. The van der Waals surface area contributed by atoms with Crippen molar-refractivity contribution >= 4 is 63.1 Å². The molecule has 0 aromatic carbocycles. The number of carbonyl (C=O) groups excluding carboxylic acids is 2. The van der Waals surface area contributed by atoms with Crippen molar-refractivity contribution in [3.05, 3.63) is 32.8 Å². The number of aliphatic carboxylic acids is 1. The molecule has 4 rings (SSSR count). The molecule has 35 heavy (non-hydrogen) atoms. The number of anilines is 1. The fraction of sp³-hybridized carbons (Fsp3) is 0.333. The molecule has 2 aromatic heterocycles. The highest BCUT2D eigenvalue weighted by atomic mass is 32.2. The Kier molecular flexibility index (Phi) is 6.74. The van der Waals surface area contributed by atoms with Gasteiger partial charge in [-0.25, -0.2) is 14.8 Å². The van der Waals surface area contributed by atoms with Crippen LogP contribution in [0, 0.1) is 0 Å². The number of alkyl halides is 3. The molecule has 0 spiro atoms. The highest BCUT2D eigenvalue weighted by Gasteiger charge is 2.54. The summed E-state index contributed by atoms with van der Waals surface area (Å²) in [6.45, 7) is 0. The van der Waals surface area contributed by atoms with Gasteiger partial charge in [-0.3, -0.25) is 14.5 Å². The maximum atomic E-state index is 12.9. The molecule has 4 heterocycles. The van der Waals surface area contributed by atoms with Crippen LogP contribution in [0.15, 0.2) is 31.7 Å². The zero-order valence-electron chi connectivity index (χ0n) is 17.5. The summed E-state index contributed by atoms with van der Waals surface area (Å²) in [7, 11) is 1.23. The largest absolute Gasteiger partial charge is 0.477 e. The summed E-state index contributed by atoms with van der Waals surface area (Å²) in [5.74, 6) is -2.86. The lowest BCUT2D eigenvalue weighted by Crippen LogP contribution is -2.72. The molecule has 186 valence electrons. The summed E-state index contributed by atoms with van der Waals surface area (Å²) >= 11 is 2.24. The Labute approximate surface area is 206 Å². The average Bonchev–Trinajstić information content (AvgIpc) is 3.44. The number of fused-ring (bicyclic) bond motifs is 1. The molecule has 1 fully saturated rings. The predicted molar refractivity (Wildman–Crippen MR) is 120 cm³/mol. The maximum Gasteiger partial charge on any atom is 0.427 e. The number of allylic oxidation sites excluding steroid dienone is 1. The third-order valence-electron chi connectivity index (χ3n) is 5.02. The second-order valence-corrected chi connectivity index (χ2v) is 10.4. The number of nitrogens with one attached hydrogen (secondary N) is 1. The average molecular weight is 549 g/mol. The Morgan fingerprint density at radius 2 is 2.17 bits per heavy atom. The first kappa shape index (κ1) is 24.9. The lowest BCUT2D eigenvalue weighted by Gasteiger charge is -2.49. The van der Waals surface area contributed by atoms with Crippen molar-refractivity contribution in [1.82, 2.24) is 20.2 Å². The van der Waals surface area contributed by atoms with Crippen LogP contribution in [0.2, 0.25) is 0 Å². The second-order valence-electron chi connectivity index (χ2n) is 7.13. The molecule has 0 bridgehead atoms. The van der Waals surface area contributed by atoms with Gasteiger partial charge in [0.1, 0.15) is 29.4 Å². The summed E-state index contributed by atoms with van der Waals surface area (Å²) < 4.78 is 38.6. The molecule has 0 unspecified atom stereocenters. The molecule has 0 aliphatic carbocycles. The minimum atomic E-state index is -4.56. The molecule has 11 nitrogen and oxygen atoms in total. The number of hydrogen-bond donors (Lipinski definition) is 3. The Hall–Kier alpha value is -3.18. The van der Waals surface area contributed by atoms with Gasteiger partial charge in [0.2, 0.25) is 0 Å². The van der Waals surface area contributed by atoms with E-state index in [-0.39, 0.29) is 44.3 Å². The van der Waals surface area contributed by atoms with Crippen LogP contribution in [0.1, 0.15) is 23.4 Å². The van der Waals surface area contributed by atoms with Crippen LogP contribution in [-0.4, -0.2) is 62.7 Å². The number of carboxylic acids is 1. The number of nitrogen functional groups attached to an aromatic ring is 1. The van der Waals surface area contributed by atoms with E-state index in [9.17, 15) is 32.7 Å². The molecule has 0 radical (unpaired) electrons. The molecular formula is C18H15F3N6O5S3. The molecule has 2 aliphatic rings. The maximum absolute atomic E-state index is 12.9. The van der Waals surface area contributed by atoms with Gasteiger partial charge in [0.25, 0.3) is 11.8 Å². The number of nitrogens with two attached hydrogens (primary N) is 1. The van der Waals surface area contributed by atoms with Crippen LogP contribution in [0.25, 0.3) is 0 Å². The van der Waals surface area contributed by atoms with Crippen LogP contribution in [-0.2, 0) is 25.4 Å². The molecule has 1 saturated heterocycles. The van der Waals surface area contributed by atoms with Gasteiger partial charge in [0.05, 0.1) is 12.2 Å². The summed E-state index contributed by atoms with van der Waals surface area (Å²) in [5.41, 5.74) is 5.18. The van der Waals surface area contributed by atoms with Gasteiger partial charge >= 0.3 is 12.1 Å². The van der Waals surface area contributed by atoms with Crippen LogP contribution < -0.4 is 11.1 Å². The minimum absolute atomic E-state index is 0.00491. The van der Waals surface area contributed by atoms with Crippen molar-refractivity contribution < 1.29 is 37.5 Å². The number of rotatable bonds is 7. The van der Waals surface area contributed by atoms with Crippen LogP contribution in [0.3, 0.4) is 0 Å². The van der Waals surface area contributed by atoms with Crippen LogP contribution >= 0.6 is 34.4 Å². The number of thioether (sulfide) groups is 1. The number of oxime groups is 1. The van der Waals surface area contributed by atoms with E-state index in [1.165, 1.54) is 12.5 Å². The Balaban J connectivity index is 1.52. The van der Waals surface area contributed by atoms with Crippen molar-refractivity contribution in [2.24, 2.45) is 5.16 Å². The molecule has 2 amide bonds. The third-order valence-corrected chi connectivity index (χ3v) is 7.95. The van der Waals surface area contributed by atoms with E-state index in [0.29, 0.717) is 17.5 Å². The van der Waals surface area contributed by atoms with Gasteiger partial charge in [0.15, 0.2) is 15.2 Å². The van der Waals surface area contributed by atoms with Gasteiger partial charge < -0.3 is 21.0 Å². The first-order chi connectivity index (χ1) is 16.5. The van der Waals surface area contributed by atoms with Crippen molar-refractivity contribution in [3.63, 3.8) is 0 Å². The van der Waals surface area contributed by atoms with E-state index >= 15 is 0 Å².